The van der Waals surface area contributed by atoms with E-state index in [-0.39, 0.29) is 0 Å². The van der Waals surface area contributed by atoms with Crippen LogP contribution in [0.15, 0.2) is 16.6 Å². The van der Waals surface area contributed by atoms with Crippen molar-refractivity contribution in [2.45, 2.75) is 39.2 Å². The van der Waals surface area contributed by atoms with Gasteiger partial charge < -0.3 is 10.1 Å². The van der Waals surface area contributed by atoms with E-state index < -0.39 is 0 Å². The number of methoxy groups -OCH3 is 1. The Hall–Kier alpha value is -0.410. The van der Waals surface area contributed by atoms with E-state index in [1.807, 2.05) is 12.1 Å². The second kappa shape index (κ2) is 6.36. The lowest BCUT2D eigenvalue weighted by atomic mass is 9.78. The molecule has 0 radical (unpaired) electrons. The van der Waals surface area contributed by atoms with Gasteiger partial charge in [0.05, 0.1) is 17.3 Å². The second-order valence-electron chi connectivity index (χ2n) is 5.52. The zero-order chi connectivity index (χ0) is 14.0. The lowest BCUT2D eigenvalue weighted by Gasteiger charge is -2.36. The summed E-state index contributed by atoms with van der Waals surface area (Å²) in [6.45, 7) is 4.64. The van der Waals surface area contributed by atoms with Gasteiger partial charge in [0.1, 0.15) is 0 Å². The summed E-state index contributed by atoms with van der Waals surface area (Å²) in [5, 5.41) is 4.36. The first-order valence-electron chi connectivity index (χ1n) is 6.82. The average Bonchev–Trinajstić information content (AvgIpc) is 2.33. The number of rotatable bonds is 3. The van der Waals surface area contributed by atoms with Crippen LogP contribution in [0.25, 0.3) is 0 Å². The minimum atomic E-state index is 0.480. The van der Waals surface area contributed by atoms with E-state index in [1.54, 1.807) is 7.11 Å². The highest BCUT2D eigenvalue weighted by molar-refractivity contribution is 9.10. The monoisotopic (exact) mass is 345 g/mol. The van der Waals surface area contributed by atoms with Gasteiger partial charge in [-0.05, 0) is 52.7 Å². The molecule has 2 unspecified atom stereocenters. The van der Waals surface area contributed by atoms with E-state index in [0.29, 0.717) is 22.9 Å². The maximum Gasteiger partial charge on any atom is 0.156 e. The van der Waals surface area contributed by atoms with Gasteiger partial charge >= 0.3 is 0 Å². The van der Waals surface area contributed by atoms with E-state index in [1.165, 1.54) is 19.3 Å². The summed E-state index contributed by atoms with van der Waals surface area (Å²) in [5.41, 5.74) is 0.979. The lowest BCUT2D eigenvalue weighted by Crippen LogP contribution is -2.37. The molecule has 0 amide bonds. The third kappa shape index (κ3) is 3.38. The Kier molecular flexibility index (Phi) is 5.02. The summed E-state index contributed by atoms with van der Waals surface area (Å²) in [6, 6.07) is 4.28. The molecule has 0 saturated heterocycles. The van der Waals surface area contributed by atoms with Crippen LogP contribution in [0.2, 0.25) is 5.02 Å². The van der Waals surface area contributed by atoms with Crippen molar-refractivity contribution in [3.63, 3.8) is 0 Å². The number of hydrogen-bond donors (Lipinski definition) is 1. The molecule has 1 aliphatic carbocycles. The van der Waals surface area contributed by atoms with Gasteiger partial charge in [-0.2, -0.15) is 0 Å². The Morgan fingerprint density at radius 2 is 1.89 bits per heavy atom. The quantitative estimate of drug-likeness (QED) is 0.796. The number of nitrogens with one attached hydrogen (secondary N) is 1. The van der Waals surface area contributed by atoms with Gasteiger partial charge in [0.15, 0.2) is 5.75 Å². The standard InChI is InChI=1S/C15H21BrClNO/c1-9-5-4-6-10(2)14(9)18-13-8-11(17)7-12(16)15(13)19-3/h7-10,14,18H,4-6H2,1-3H3. The summed E-state index contributed by atoms with van der Waals surface area (Å²) >= 11 is 9.65. The zero-order valence-corrected chi connectivity index (χ0v) is 14.0. The Morgan fingerprint density at radius 3 is 2.47 bits per heavy atom. The fourth-order valence-electron chi connectivity index (χ4n) is 3.02. The highest BCUT2D eigenvalue weighted by atomic mass is 79.9. The first kappa shape index (κ1) is 15.0. The van der Waals surface area contributed by atoms with Gasteiger partial charge in [0, 0.05) is 11.1 Å². The molecule has 2 nitrogen and oxygen atoms in total. The van der Waals surface area contributed by atoms with Crippen LogP contribution >= 0.6 is 27.5 Å². The Balaban J connectivity index is 2.26. The molecule has 0 aromatic heterocycles. The molecule has 2 rings (SSSR count). The molecule has 19 heavy (non-hydrogen) atoms. The summed E-state index contributed by atoms with van der Waals surface area (Å²) in [5.74, 6) is 2.17. The maximum atomic E-state index is 6.14. The number of anilines is 1. The summed E-state index contributed by atoms with van der Waals surface area (Å²) in [6.07, 6.45) is 3.90. The Bertz CT molecular complexity index is 442. The predicted molar refractivity (Wildman–Crippen MR) is 85.3 cm³/mol. The molecule has 106 valence electrons. The van der Waals surface area contributed by atoms with E-state index in [9.17, 15) is 0 Å². The minimum Gasteiger partial charge on any atom is -0.493 e. The van der Waals surface area contributed by atoms with Crippen molar-refractivity contribution in [3.8, 4) is 5.75 Å². The molecule has 1 fully saturated rings. The minimum absolute atomic E-state index is 0.480. The fraction of sp³-hybridized carbons (Fsp3) is 0.600. The molecular formula is C15H21BrClNO. The molecule has 1 aromatic carbocycles. The number of ether oxygens (including phenoxy) is 1. The van der Waals surface area contributed by atoms with Gasteiger partial charge in [-0.15, -0.1) is 0 Å². The third-order valence-corrected chi connectivity index (χ3v) is 4.89. The lowest BCUT2D eigenvalue weighted by molar-refractivity contribution is 0.267. The molecule has 1 N–H and O–H groups in total. The molecular weight excluding hydrogens is 326 g/mol. The van der Waals surface area contributed by atoms with Crippen LogP contribution in [-0.2, 0) is 0 Å². The molecule has 4 heteroatoms. The van der Waals surface area contributed by atoms with Crippen LogP contribution in [0.3, 0.4) is 0 Å². The van der Waals surface area contributed by atoms with Crippen molar-refractivity contribution in [2.24, 2.45) is 11.8 Å². The van der Waals surface area contributed by atoms with Crippen LogP contribution in [0.4, 0.5) is 5.69 Å². The van der Waals surface area contributed by atoms with Gasteiger partial charge in [0.2, 0.25) is 0 Å². The molecule has 2 atom stereocenters. The summed E-state index contributed by atoms with van der Waals surface area (Å²) < 4.78 is 6.37. The largest absolute Gasteiger partial charge is 0.493 e. The molecule has 1 aliphatic rings. The topological polar surface area (TPSA) is 21.3 Å². The van der Waals surface area contributed by atoms with Crippen molar-refractivity contribution in [3.05, 3.63) is 21.6 Å². The number of benzene rings is 1. The van der Waals surface area contributed by atoms with Gasteiger partial charge in [0.25, 0.3) is 0 Å². The SMILES string of the molecule is COc1c(Br)cc(Cl)cc1NC1C(C)CCCC1C. The van der Waals surface area contributed by atoms with Crippen molar-refractivity contribution < 1.29 is 4.74 Å². The molecule has 0 spiro atoms. The van der Waals surface area contributed by atoms with Crippen molar-refractivity contribution >= 4 is 33.2 Å². The third-order valence-electron chi connectivity index (χ3n) is 4.08. The molecule has 0 aliphatic heterocycles. The van der Waals surface area contributed by atoms with Crippen LogP contribution in [-0.4, -0.2) is 13.2 Å². The maximum absolute atomic E-state index is 6.14. The van der Waals surface area contributed by atoms with Crippen molar-refractivity contribution in [1.29, 1.82) is 0 Å². The number of hydrogen-bond acceptors (Lipinski definition) is 2. The van der Waals surface area contributed by atoms with Crippen LogP contribution in [0.1, 0.15) is 33.1 Å². The Labute approximate surface area is 129 Å². The highest BCUT2D eigenvalue weighted by Gasteiger charge is 2.28. The van der Waals surface area contributed by atoms with Crippen molar-refractivity contribution in [2.75, 3.05) is 12.4 Å². The van der Waals surface area contributed by atoms with Crippen molar-refractivity contribution in [1.82, 2.24) is 0 Å². The zero-order valence-electron chi connectivity index (χ0n) is 11.7. The van der Waals surface area contributed by atoms with E-state index in [0.717, 1.165) is 15.9 Å². The second-order valence-corrected chi connectivity index (χ2v) is 6.81. The first-order valence-corrected chi connectivity index (χ1v) is 7.99. The normalized spacial score (nSPS) is 27.1. The van der Waals surface area contributed by atoms with Gasteiger partial charge in [-0.1, -0.05) is 31.9 Å². The fourth-order valence-corrected chi connectivity index (χ4v) is 3.99. The van der Waals surface area contributed by atoms with E-state index in [4.69, 9.17) is 16.3 Å². The average molecular weight is 347 g/mol. The molecule has 1 aromatic rings. The molecule has 1 saturated carbocycles. The summed E-state index contributed by atoms with van der Waals surface area (Å²) in [7, 11) is 1.69. The van der Waals surface area contributed by atoms with Gasteiger partial charge in [-0.3, -0.25) is 0 Å². The molecule has 0 bridgehead atoms. The summed E-state index contributed by atoms with van der Waals surface area (Å²) in [4.78, 5) is 0. The van der Waals surface area contributed by atoms with Crippen LogP contribution in [0, 0.1) is 11.8 Å². The number of halogens is 2. The van der Waals surface area contributed by atoms with Gasteiger partial charge in [-0.25, -0.2) is 0 Å². The van der Waals surface area contributed by atoms with Crippen LogP contribution < -0.4 is 10.1 Å². The highest BCUT2D eigenvalue weighted by Crippen LogP contribution is 2.39. The predicted octanol–water partition coefficient (Wildman–Crippen LogP) is 5.35. The van der Waals surface area contributed by atoms with Crippen LogP contribution in [0.5, 0.6) is 5.75 Å². The van der Waals surface area contributed by atoms with E-state index >= 15 is 0 Å². The Morgan fingerprint density at radius 1 is 1.26 bits per heavy atom. The molecule has 0 heterocycles. The van der Waals surface area contributed by atoms with E-state index in [2.05, 4.69) is 35.1 Å². The first-order chi connectivity index (χ1) is 9.02. The smallest absolute Gasteiger partial charge is 0.156 e.